The molecule has 2 saturated heterocycles. The van der Waals surface area contributed by atoms with E-state index in [1.54, 1.807) is 12.3 Å². The van der Waals surface area contributed by atoms with Crippen molar-refractivity contribution in [3.05, 3.63) is 53.9 Å². The highest BCUT2D eigenvalue weighted by Gasteiger charge is 2.41. The number of halogens is 3. The number of hydrogen-bond donors (Lipinski definition) is 1. The largest absolute Gasteiger partial charge is 0.347 e. The Morgan fingerprint density at radius 1 is 1.25 bits per heavy atom. The number of carbonyl (C=O) groups excluding carboxylic acids is 1. The summed E-state index contributed by atoms with van der Waals surface area (Å²) in [7, 11) is 0. The lowest BCUT2D eigenvalue weighted by Crippen LogP contribution is -2.40. The van der Waals surface area contributed by atoms with Gasteiger partial charge in [0.2, 0.25) is 0 Å². The first-order valence-corrected chi connectivity index (χ1v) is 10.6. The van der Waals surface area contributed by atoms with Crippen molar-refractivity contribution in [3.8, 4) is 0 Å². The quantitative estimate of drug-likeness (QED) is 0.661. The van der Waals surface area contributed by atoms with Crippen LogP contribution >= 0.6 is 0 Å². The summed E-state index contributed by atoms with van der Waals surface area (Å²) in [6.07, 6.45) is 3.95. The van der Waals surface area contributed by atoms with Crippen LogP contribution < -0.4 is 10.2 Å². The van der Waals surface area contributed by atoms with Crippen molar-refractivity contribution < 1.29 is 18.0 Å². The van der Waals surface area contributed by atoms with Gasteiger partial charge >= 0.3 is 6.03 Å². The van der Waals surface area contributed by atoms with Gasteiger partial charge in [-0.25, -0.2) is 27.5 Å². The molecule has 1 aromatic carbocycles. The highest BCUT2D eigenvalue weighted by atomic mass is 19.1. The molecule has 2 aliphatic rings. The van der Waals surface area contributed by atoms with Crippen molar-refractivity contribution in [1.82, 2.24) is 19.5 Å². The molecule has 3 aromatic rings. The molecule has 10 heteroatoms. The Morgan fingerprint density at radius 2 is 2.09 bits per heavy atom. The Morgan fingerprint density at radius 3 is 2.88 bits per heavy atom. The first-order valence-electron chi connectivity index (χ1n) is 10.6. The fourth-order valence-corrected chi connectivity index (χ4v) is 4.71. The van der Waals surface area contributed by atoms with E-state index in [1.165, 1.54) is 21.7 Å². The van der Waals surface area contributed by atoms with Crippen LogP contribution in [0.2, 0.25) is 0 Å². The number of nitrogens with zero attached hydrogens (tertiary/aromatic N) is 5. The Labute approximate surface area is 182 Å². The number of rotatable bonds is 3. The summed E-state index contributed by atoms with van der Waals surface area (Å²) in [6.45, 7) is 2.92. The molecule has 0 saturated carbocycles. The minimum Gasteiger partial charge on any atom is -0.347 e. The average Bonchev–Trinajstić information content (AvgIpc) is 3.49. The van der Waals surface area contributed by atoms with Crippen LogP contribution in [0.5, 0.6) is 0 Å². The molecule has 5 rings (SSSR count). The highest BCUT2D eigenvalue weighted by molar-refractivity contribution is 5.93. The Hall–Kier alpha value is -3.30. The molecule has 0 aliphatic carbocycles. The summed E-state index contributed by atoms with van der Waals surface area (Å²) < 4.78 is 43.5. The van der Waals surface area contributed by atoms with Crippen LogP contribution in [0, 0.1) is 11.6 Å². The molecule has 168 valence electrons. The molecule has 4 heterocycles. The van der Waals surface area contributed by atoms with E-state index in [-0.39, 0.29) is 12.1 Å². The zero-order valence-electron chi connectivity index (χ0n) is 17.6. The third kappa shape index (κ3) is 3.43. The number of fused-ring (bicyclic) bond motifs is 1. The number of alkyl halides is 1. The van der Waals surface area contributed by atoms with Crippen molar-refractivity contribution in [2.24, 2.45) is 0 Å². The number of aromatic nitrogens is 3. The topological polar surface area (TPSA) is 65.8 Å². The zero-order chi connectivity index (χ0) is 22.5. The van der Waals surface area contributed by atoms with E-state index < -0.39 is 29.4 Å². The van der Waals surface area contributed by atoms with Gasteiger partial charge in [0.1, 0.15) is 29.3 Å². The number of urea groups is 1. The molecule has 7 nitrogen and oxygen atoms in total. The van der Waals surface area contributed by atoms with Crippen LogP contribution in [0.15, 0.2) is 36.7 Å². The van der Waals surface area contributed by atoms with Crippen molar-refractivity contribution in [1.29, 1.82) is 0 Å². The Kier molecular flexibility index (Phi) is 4.94. The molecule has 2 aromatic heterocycles. The third-order valence-electron chi connectivity index (χ3n) is 6.44. The monoisotopic (exact) mass is 444 g/mol. The molecule has 0 spiro atoms. The maximum absolute atomic E-state index is 14.6. The predicted octanol–water partition coefficient (Wildman–Crippen LogP) is 4.10. The molecular formula is C22H23F3N6O. The second-order valence-electron chi connectivity index (χ2n) is 8.53. The van der Waals surface area contributed by atoms with Crippen LogP contribution in [-0.2, 0) is 5.54 Å². The van der Waals surface area contributed by atoms with Crippen molar-refractivity contribution in [2.45, 2.75) is 37.9 Å². The van der Waals surface area contributed by atoms with E-state index in [2.05, 4.69) is 15.4 Å². The fourth-order valence-electron chi connectivity index (χ4n) is 4.71. The van der Waals surface area contributed by atoms with Gasteiger partial charge in [0.15, 0.2) is 5.65 Å². The number of amides is 2. The summed E-state index contributed by atoms with van der Waals surface area (Å²) in [4.78, 5) is 20.6. The molecule has 2 fully saturated rings. The van der Waals surface area contributed by atoms with Crippen LogP contribution in [0.4, 0.5) is 29.5 Å². The average molecular weight is 444 g/mol. The van der Waals surface area contributed by atoms with Gasteiger partial charge in [-0.3, -0.25) is 0 Å². The van der Waals surface area contributed by atoms with E-state index in [0.29, 0.717) is 43.1 Å². The van der Waals surface area contributed by atoms with Gasteiger partial charge in [-0.2, -0.15) is 5.10 Å². The standard InChI is InChI=1S/C22H23F3N6O/c1-22(16-11-14(23)3-4-17(16)25)7-2-8-30(22)19-6-10-31-20(28-19)18(12-26-31)27-21(32)29-9-5-15(24)13-29/h3-4,6,10-12,15H,2,5,7-9,13H2,1H3,(H,27,32)/t15-,22-/m1/s1. The number of carbonyl (C=O) groups is 1. The molecule has 0 bridgehead atoms. The fraction of sp³-hybridized carbons (Fsp3) is 0.409. The van der Waals surface area contributed by atoms with E-state index in [9.17, 15) is 18.0 Å². The third-order valence-corrected chi connectivity index (χ3v) is 6.44. The van der Waals surface area contributed by atoms with E-state index in [0.717, 1.165) is 18.6 Å². The van der Waals surface area contributed by atoms with Crippen LogP contribution in [0.1, 0.15) is 31.7 Å². The van der Waals surface area contributed by atoms with Crippen LogP contribution in [0.25, 0.3) is 5.65 Å². The number of hydrogen-bond acceptors (Lipinski definition) is 4. The lowest BCUT2D eigenvalue weighted by atomic mass is 9.88. The van der Waals surface area contributed by atoms with Gasteiger partial charge in [-0.05, 0) is 50.5 Å². The van der Waals surface area contributed by atoms with Crippen molar-refractivity contribution in [2.75, 3.05) is 29.9 Å². The minimum atomic E-state index is -1.01. The lowest BCUT2D eigenvalue weighted by Gasteiger charge is -2.37. The first kappa shape index (κ1) is 20.6. The number of likely N-dealkylation sites (tertiary alicyclic amines) is 1. The van der Waals surface area contributed by atoms with Gasteiger partial charge in [-0.1, -0.05) is 0 Å². The SMILES string of the molecule is C[C@]1(c2cc(F)ccc2F)CCCN1c1ccn2ncc(NC(=O)N3CC[C@@H](F)C3)c2n1. The summed E-state index contributed by atoms with van der Waals surface area (Å²) in [5, 5.41) is 6.98. The second-order valence-corrected chi connectivity index (χ2v) is 8.53. The normalized spacial score (nSPS) is 23.3. The number of anilines is 2. The van der Waals surface area contributed by atoms with Gasteiger partial charge in [0.05, 0.1) is 18.3 Å². The van der Waals surface area contributed by atoms with Gasteiger partial charge in [0, 0.05) is 24.8 Å². The molecule has 0 unspecified atom stereocenters. The zero-order valence-corrected chi connectivity index (χ0v) is 17.6. The summed E-state index contributed by atoms with van der Waals surface area (Å²) in [5.41, 5.74) is 0.332. The van der Waals surface area contributed by atoms with Crippen LogP contribution in [-0.4, -0.2) is 51.3 Å². The summed E-state index contributed by atoms with van der Waals surface area (Å²) in [5.74, 6) is -0.380. The van der Waals surface area contributed by atoms with E-state index in [1.807, 2.05) is 11.8 Å². The van der Waals surface area contributed by atoms with E-state index in [4.69, 9.17) is 0 Å². The Bertz CT molecular complexity index is 1180. The molecule has 2 atom stereocenters. The van der Waals surface area contributed by atoms with Crippen molar-refractivity contribution in [3.63, 3.8) is 0 Å². The maximum Gasteiger partial charge on any atom is 0.322 e. The van der Waals surface area contributed by atoms with E-state index >= 15 is 0 Å². The second kappa shape index (κ2) is 7.68. The minimum absolute atomic E-state index is 0.0645. The first-order chi connectivity index (χ1) is 15.3. The number of benzene rings is 1. The van der Waals surface area contributed by atoms with Crippen LogP contribution in [0.3, 0.4) is 0 Å². The van der Waals surface area contributed by atoms with Gasteiger partial charge in [0.25, 0.3) is 0 Å². The van der Waals surface area contributed by atoms with Crippen molar-refractivity contribution >= 4 is 23.2 Å². The maximum atomic E-state index is 14.6. The summed E-state index contributed by atoms with van der Waals surface area (Å²) >= 11 is 0. The van der Waals surface area contributed by atoms with Gasteiger partial charge < -0.3 is 15.1 Å². The molecular weight excluding hydrogens is 421 g/mol. The van der Waals surface area contributed by atoms with Gasteiger partial charge in [-0.15, -0.1) is 0 Å². The number of nitrogens with one attached hydrogen (secondary N) is 1. The molecule has 1 N–H and O–H groups in total. The Balaban J connectivity index is 1.47. The predicted molar refractivity (Wildman–Crippen MR) is 113 cm³/mol. The highest BCUT2D eigenvalue weighted by Crippen LogP contribution is 2.42. The molecule has 32 heavy (non-hydrogen) atoms. The smallest absolute Gasteiger partial charge is 0.322 e. The molecule has 2 amide bonds. The lowest BCUT2D eigenvalue weighted by molar-refractivity contribution is 0.218. The molecule has 2 aliphatic heterocycles. The molecule has 0 radical (unpaired) electrons. The summed E-state index contributed by atoms with van der Waals surface area (Å²) in [6, 6.07) is 4.86.